The minimum absolute atomic E-state index is 0.267. The maximum Gasteiger partial charge on any atom is 0.494 e. The van der Waals surface area contributed by atoms with Gasteiger partial charge in [-0.3, -0.25) is 0 Å². The van der Waals surface area contributed by atoms with Gasteiger partial charge in [-0.05, 0) is 64.4 Å². The third-order valence-corrected chi connectivity index (χ3v) is 6.70. The molecule has 0 saturated carbocycles. The summed E-state index contributed by atoms with van der Waals surface area (Å²) in [7, 11) is -0.267. The highest BCUT2D eigenvalue weighted by molar-refractivity contribution is 7.99. The summed E-state index contributed by atoms with van der Waals surface area (Å²) in [6.07, 6.45) is 4.78. The lowest BCUT2D eigenvalue weighted by molar-refractivity contribution is 0.00578. The lowest BCUT2D eigenvalue weighted by Crippen LogP contribution is -2.41. The van der Waals surface area contributed by atoms with Crippen molar-refractivity contribution in [2.75, 3.05) is 24.2 Å². The van der Waals surface area contributed by atoms with E-state index >= 15 is 0 Å². The molecule has 0 N–H and O–H groups in total. The summed E-state index contributed by atoms with van der Waals surface area (Å²) in [5.41, 5.74) is 1.85. The molecular weight excluding hydrogens is 305 g/mol. The van der Waals surface area contributed by atoms with Crippen LogP contribution in [-0.2, 0) is 9.31 Å². The van der Waals surface area contributed by atoms with Crippen molar-refractivity contribution in [3.63, 3.8) is 0 Å². The molecular formula is C18H28BNO2S. The Balaban J connectivity index is 1.67. The highest BCUT2D eigenvalue weighted by Crippen LogP contribution is 2.36. The topological polar surface area (TPSA) is 21.7 Å². The molecule has 2 heterocycles. The fourth-order valence-corrected chi connectivity index (χ4v) is 3.85. The number of thioether (sulfide) groups is 1. The summed E-state index contributed by atoms with van der Waals surface area (Å²) in [6.45, 7) is 10.7. The van der Waals surface area contributed by atoms with Gasteiger partial charge in [0.05, 0.1) is 11.2 Å². The molecule has 0 aliphatic carbocycles. The van der Waals surface area contributed by atoms with E-state index in [1.165, 1.54) is 18.5 Å². The Hall–Kier alpha value is -0.645. The van der Waals surface area contributed by atoms with Crippen molar-refractivity contribution < 1.29 is 9.31 Å². The van der Waals surface area contributed by atoms with Crippen molar-refractivity contribution >= 4 is 30.0 Å². The second kappa shape index (κ2) is 6.34. The van der Waals surface area contributed by atoms with Gasteiger partial charge < -0.3 is 14.2 Å². The summed E-state index contributed by atoms with van der Waals surface area (Å²) in [6, 6.07) is 8.72. The number of anilines is 1. The SMILES string of the molecule is CSC1CCN(c2ccc(B3OC(C)(C)C(C)(C)O3)cc2)CC1. The number of piperidine rings is 1. The predicted molar refractivity (Wildman–Crippen MR) is 101 cm³/mol. The average Bonchev–Trinajstić information content (AvgIpc) is 2.76. The van der Waals surface area contributed by atoms with E-state index in [-0.39, 0.29) is 18.3 Å². The molecule has 126 valence electrons. The standard InChI is InChI=1S/C18H28BNO2S/c1-17(2)18(3,4)22-19(21-17)14-6-8-15(9-7-14)20-12-10-16(23-5)11-13-20/h6-9,16H,10-13H2,1-5H3. The van der Waals surface area contributed by atoms with Gasteiger partial charge in [0.1, 0.15) is 0 Å². The Labute approximate surface area is 145 Å². The Morgan fingerprint density at radius 2 is 1.52 bits per heavy atom. The Bertz CT molecular complexity index is 522. The zero-order chi connectivity index (χ0) is 16.7. The van der Waals surface area contributed by atoms with Crippen LogP contribution >= 0.6 is 11.8 Å². The summed E-state index contributed by atoms with van der Waals surface area (Å²) in [5, 5.41) is 0.829. The van der Waals surface area contributed by atoms with Crippen molar-refractivity contribution in [3.8, 4) is 0 Å². The first-order valence-electron chi connectivity index (χ1n) is 8.56. The molecule has 1 aromatic carbocycles. The molecule has 23 heavy (non-hydrogen) atoms. The van der Waals surface area contributed by atoms with E-state index in [1.54, 1.807) is 0 Å². The zero-order valence-corrected chi connectivity index (χ0v) is 15.8. The average molecular weight is 333 g/mol. The van der Waals surface area contributed by atoms with Gasteiger partial charge >= 0.3 is 7.12 Å². The van der Waals surface area contributed by atoms with E-state index in [9.17, 15) is 0 Å². The van der Waals surface area contributed by atoms with Crippen LogP contribution < -0.4 is 10.4 Å². The molecule has 0 unspecified atom stereocenters. The minimum atomic E-state index is -0.282. The molecule has 2 aliphatic rings. The molecule has 3 nitrogen and oxygen atoms in total. The Kier molecular flexibility index (Phi) is 4.74. The van der Waals surface area contributed by atoms with Crippen LogP contribution in [-0.4, -0.2) is 42.9 Å². The second-order valence-corrected chi connectivity index (χ2v) is 8.74. The van der Waals surface area contributed by atoms with Gasteiger partial charge in [-0.15, -0.1) is 0 Å². The van der Waals surface area contributed by atoms with Crippen LogP contribution in [0.25, 0.3) is 0 Å². The summed E-state index contributed by atoms with van der Waals surface area (Å²) >= 11 is 2.00. The fourth-order valence-electron chi connectivity index (χ4n) is 3.17. The highest BCUT2D eigenvalue weighted by Gasteiger charge is 2.51. The van der Waals surface area contributed by atoms with Crippen molar-refractivity contribution in [2.45, 2.75) is 57.0 Å². The first-order chi connectivity index (χ1) is 10.8. The van der Waals surface area contributed by atoms with Gasteiger partial charge in [0, 0.05) is 24.0 Å². The maximum atomic E-state index is 6.13. The van der Waals surface area contributed by atoms with E-state index in [0.29, 0.717) is 0 Å². The van der Waals surface area contributed by atoms with Gasteiger partial charge in [0.25, 0.3) is 0 Å². The van der Waals surface area contributed by atoms with Gasteiger partial charge in [-0.25, -0.2) is 0 Å². The van der Waals surface area contributed by atoms with E-state index < -0.39 is 0 Å². The third kappa shape index (κ3) is 3.42. The lowest BCUT2D eigenvalue weighted by Gasteiger charge is -2.33. The normalized spacial score (nSPS) is 24.2. The van der Waals surface area contributed by atoms with Crippen LogP contribution in [0.5, 0.6) is 0 Å². The molecule has 0 aromatic heterocycles. The van der Waals surface area contributed by atoms with Gasteiger partial charge in [0.15, 0.2) is 0 Å². The van der Waals surface area contributed by atoms with Gasteiger partial charge in [-0.2, -0.15) is 11.8 Å². The molecule has 1 aromatic rings. The minimum Gasteiger partial charge on any atom is -0.399 e. The predicted octanol–water partition coefficient (Wildman–Crippen LogP) is 3.32. The van der Waals surface area contributed by atoms with E-state index in [0.717, 1.165) is 23.8 Å². The molecule has 2 saturated heterocycles. The molecule has 0 atom stereocenters. The van der Waals surface area contributed by atoms with Gasteiger partial charge in [-0.1, -0.05) is 12.1 Å². The lowest BCUT2D eigenvalue weighted by atomic mass is 9.79. The number of hydrogen-bond acceptors (Lipinski definition) is 4. The molecule has 0 spiro atoms. The smallest absolute Gasteiger partial charge is 0.399 e. The molecule has 0 bridgehead atoms. The van der Waals surface area contributed by atoms with Crippen molar-refractivity contribution in [2.24, 2.45) is 0 Å². The number of hydrogen-bond donors (Lipinski definition) is 0. The molecule has 0 amide bonds. The quantitative estimate of drug-likeness (QED) is 0.791. The largest absolute Gasteiger partial charge is 0.494 e. The number of benzene rings is 1. The Morgan fingerprint density at radius 3 is 2.00 bits per heavy atom. The molecule has 0 radical (unpaired) electrons. The van der Waals surface area contributed by atoms with Crippen LogP contribution in [0.15, 0.2) is 24.3 Å². The second-order valence-electron chi connectivity index (χ2n) is 7.60. The first-order valence-corrected chi connectivity index (χ1v) is 9.84. The monoisotopic (exact) mass is 333 g/mol. The Morgan fingerprint density at radius 1 is 1.00 bits per heavy atom. The van der Waals surface area contributed by atoms with Crippen molar-refractivity contribution in [3.05, 3.63) is 24.3 Å². The zero-order valence-electron chi connectivity index (χ0n) is 15.0. The van der Waals surface area contributed by atoms with Crippen LogP contribution in [0.4, 0.5) is 5.69 Å². The molecule has 5 heteroatoms. The summed E-state index contributed by atoms with van der Waals surface area (Å²) < 4.78 is 12.3. The number of rotatable bonds is 3. The number of nitrogens with zero attached hydrogens (tertiary/aromatic N) is 1. The van der Waals surface area contributed by atoms with Crippen LogP contribution in [0, 0.1) is 0 Å². The third-order valence-electron chi connectivity index (χ3n) is 5.56. The van der Waals surface area contributed by atoms with E-state index in [2.05, 4.69) is 63.1 Å². The van der Waals surface area contributed by atoms with Gasteiger partial charge in [0.2, 0.25) is 0 Å². The van der Waals surface area contributed by atoms with Crippen molar-refractivity contribution in [1.29, 1.82) is 0 Å². The molecule has 2 aliphatic heterocycles. The van der Waals surface area contributed by atoms with E-state index in [1.807, 2.05) is 11.8 Å². The molecule has 2 fully saturated rings. The van der Waals surface area contributed by atoms with E-state index in [4.69, 9.17) is 9.31 Å². The van der Waals surface area contributed by atoms with Crippen LogP contribution in [0.1, 0.15) is 40.5 Å². The first kappa shape index (κ1) is 17.2. The van der Waals surface area contributed by atoms with Crippen LogP contribution in [0.3, 0.4) is 0 Å². The van der Waals surface area contributed by atoms with Crippen LogP contribution in [0.2, 0.25) is 0 Å². The maximum absolute atomic E-state index is 6.13. The fraction of sp³-hybridized carbons (Fsp3) is 0.667. The molecule has 3 rings (SSSR count). The summed E-state index contributed by atoms with van der Waals surface area (Å²) in [5.74, 6) is 0. The highest BCUT2D eigenvalue weighted by atomic mass is 32.2. The van der Waals surface area contributed by atoms with Crippen molar-refractivity contribution in [1.82, 2.24) is 0 Å². The summed E-state index contributed by atoms with van der Waals surface area (Å²) in [4.78, 5) is 2.49.